The molecule has 2 heterocycles. The fourth-order valence-corrected chi connectivity index (χ4v) is 2.72. The summed E-state index contributed by atoms with van der Waals surface area (Å²) < 4.78 is 0. The van der Waals surface area contributed by atoms with Crippen LogP contribution in [0.25, 0.3) is 10.2 Å². The molecule has 1 amide bonds. The SMILES string of the molecule is CCNc1nc(CN(C)CC(=O)N(C)C)nc2sccc12. The molecule has 6 nitrogen and oxygen atoms in total. The van der Waals surface area contributed by atoms with E-state index in [0.29, 0.717) is 13.1 Å². The average Bonchev–Trinajstić information content (AvgIpc) is 2.87. The standard InChI is InChI=1S/C14H21N5OS/c1-5-15-13-10-6-7-21-14(10)17-11(16-13)8-19(4)9-12(20)18(2)3/h6-7H,5,8-9H2,1-4H3,(H,15,16,17). The van der Waals surface area contributed by atoms with Gasteiger partial charge in [0, 0.05) is 20.6 Å². The van der Waals surface area contributed by atoms with Crippen molar-refractivity contribution in [2.75, 3.05) is 39.5 Å². The van der Waals surface area contributed by atoms with E-state index in [2.05, 4.69) is 15.3 Å². The van der Waals surface area contributed by atoms with Crippen molar-refractivity contribution in [1.29, 1.82) is 0 Å². The van der Waals surface area contributed by atoms with E-state index < -0.39 is 0 Å². The Morgan fingerprint density at radius 1 is 1.33 bits per heavy atom. The summed E-state index contributed by atoms with van der Waals surface area (Å²) in [6.07, 6.45) is 0. The zero-order valence-corrected chi connectivity index (χ0v) is 13.7. The lowest BCUT2D eigenvalue weighted by Crippen LogP contribution is -2.34. The minimum absolute atomic E-state index is 0.0709. The first kappa shape index (κ1) is 15.7. The van der Waals surface area contributed by atoms with Crippen LogP contribution in [-0.2, 0) is 11.3 Å². The summed E-state index contributed by atoms with van der Waals surface area (Å²) in [5, 5.41) is 6.34. The van der Waals surface area contributed by atoms with Crippen LogP contribution < -0.4 is 5.32 Å². The Morgan fingerprint density at radius 2 is 2.10 bits per heavy atom. The zero-order valence-electron chi connectivity index (χ0n) is 12.9. The molecular formula is C14H21N5OS. The Bertz CT molecular complexity index is 625. The van der Waals surface area contributed by atoms with E-state index in [1.807, 2.05) is 30.3 Å². The number of hydrogen-bond donors (Lipinski definition) is 1. The van der Waals surface area contributed by atoms with Gasteiger partial charge in [-0.25, -0.2) is 9.97 Å². The third-order valence-corrected chi connectivity index (χ3v) is 3.84. The quantitative estimate of drug-likeness (QED) is 0.879. The van der Waals surface area contributed by atoms with Crippen molar-refractivity contribution in [2.45, 2.75) is 13.5 Å². The summed E-state index contributed by atoms with van der Waals surface area (Å²) in [6, 6.07) is 2.03. The predicted molar refractivity (Wildman–Crippen MR) is 86.6 cm³/mol. The third kappa shape index (κ3) is 3.89. The lowest BCUT2D eigenvalue weighted by molar-refractivity contribution is -0.129. The molecule has 7 heteroatoms. The summed E-state index contributed by atoms with van der Waals surface area (Å²) in [6.45, 7) is 3.76. The molecule has 0 spiro atoms. The van der Waals surface area contributed by atoms with E-state index in [1.165, 1.54) is 0 Å². The lowest BCUT2D eigenvalue weighted by atomic mass is 10.3. The van der Waals surface area contributed by atoms with E-state index in [1.54, 1.807) is 30.3 Å². The van der Waals surface area contributed by atoms with Crippen LogP contribution in [0.2, 0.25) is 0 Å². The Morgan fingerprint density at radius 3 is 2.76 bits per heavy atom. The normalized spacial score (nSPS) is 11.1. The monoisotopic (exact) mass is 307 g/mol. The maximum Gasteiger partial charge on any atom is 0.236 e. The van der Waals surface area contributed by atoms with Gasteiger partial charge in [0.2, 0.25) is 5.91 Å². The number of thiophene rings is 1. The van der Waals surface area contributed by atoms with Gasteiger partial charge in [-0.15, -0.1) is 11.3 Å². The van der Waals surface area contributed by atoms with Crippen LogP contribution >= 0.6 is 11.3 Å². The highest BCUT2D eigenvalue weighted by Crippen LogP contribution is 2.25. The zero-order chi connectivity index (χ0) is 15.4. The van der Waals surface area contributed by atoms with Gasteiger partial charge in [0.05, 0.1) is 18.5 Å². The molecule has 1 N–H and O–H groups in total. The molecule has 114 valence electrons. The number of rotatable bonds is 6. The van der Waals surface area contributed by atoms with E-state index in [4.69, 9.17) is 0 Å². The summed E-state index contributed by atoms with van der Waals surface area (Å²) in [5.74, 6) is 1.67. The van der Waals surface area contributed by atoms with E-state index in [9.17, 15) is 4.79 Å². The smallest absolute Gasteiger partial charge is 0.236 e. The van der Waals surface area contributed by atoms with Gasteiger partial charge in [-0.05, 0) is 25.4 Å². The van der Waals surface area contributed by atoms with Gasteiger partial charge in [0.1, 0.15) is 16.5 Å². The van der Waals surface area contributed by atoms with Crippen molar-refractivity contribution >= 4 is 33.3 Å². The number of nitrogens with one attached hydrogen (secondary N) is 1. The molecular weight excluding hydrogens is 286 g/mol. The largest absolute Gasteiger partial charge is 0.370 e. The first-order valence-electron chi connectivity index (χ1n) is 6.88. The lowest BCUT2D eigenvalue weighted by Gasteiger charge is -2.18. The van der Waals surface area contributed by atoms with Crippen LogP contribution in [0.3, 0.4) is 0 Å². The summed E-state index contributed by atoms with van der Waals surface area (Å²) in [7, 11) is 5.41. The second-order valence-electron chi connectivity index (χ2n) is 5.12. The summed E-state index contributed by atoms with van der Waals surface area (Å²) in [5.41, 5.74) is 0. The second kappa shape index (κ2) is 6.82. The molecule has 0 bridgehead atoms. The Kier molecular flexibility index (Phi) is 5.08. The molecule has 21 heavy (non-hydrogen) atoms. The van der Waals surface area contributed by atoms with Crippen LogP contribution in [-0.4, -0.2) is 59.9 Å². The molecule has 0 fully saturated rings. The molecule has 2 aromatic heterocycles. The molecule has 0 aliphatic carbocycles. The molecule has 0 aromatic carbocycles. The van der Waals surface area contributed by atoms with Crippen molar-refractivity contribution < 1.29 is 4.79 Å². The molecule has 0 saturated heterocycles. The van der Waals surface area contributed by atoms with Gasteiger partial charge < -0.3 is 10.2 Å². The molecule has 0 aliphatic heterocycles. The highest BCUT2D eigenvalue weighted by Gasteiger charge is 2.13. The van der Waals surface area contributed by atoms with Crippen molar-refractivity contribution in [3.63, 3.8) is 0 Å². The molecule has 2 aromatic rings. The molecule has 2 rings (SSSR count). The first-order chi connectivity index (χ1) is 10.0. The number of aromatic nitrogens is 2. The molecule has 0 saturated carbocycles. The van der Waals surface area contributed by atoms with Crippen molar-refractivity contribution in [3.05, 3.63) is 17.3 Å². The van der Waals surface area contributed by atoms with Crippen molar-refractivity contribution in [1.82, 2.24) is 19.8 Å². The average molecular weight is 307 g/mol. The van der Waals surface area contributed by atoms with Crippen LogP contribution in [0.5, 0.6) is 0 Å². The van der Waals surface area contributed by atoms with Crippen molar-refractivity contribution in [2.24, 2.45) is 0 Å². The fourth-order valence-electron chi connectivity index (χ4n) is 1.94. The third-order valence-electron chi connectivity index (χ3n) is 3.03. The number of amides is 1. The number of carbonyl (C=O) groups excluding carboxylic acids is 1. The topological polar surface area (TPSA) is 61.4 Å². The van der Waals surface area contributed by atoms with Gasteiger partial charge >= 0.3 is 0 Å². The Labute approximate surface area is 128 Å². The number of carbonyl (C=O) groups is 1. The fraction of sp³-hybridized carbons (Fsp3) is 0.500. The molecule has 0 unspecified atom stereocenters. The van der Waals surface area contributed by atoms with E-state index in [0.717, 1.165) is 28.4 Å². The highest BCUT2D eigenvalue weighted by atomic mass is 32.1. The second-order valence-corrected chi connectivity index (χ2v) is 6.01. The first-order valence-corrected chi connectivity index (χ1v) is 7.76. The van der Waals surface area contributed by atoms with Crippen LogP contribution in [0, 0.1) is 0 Å². The molecule has 0 aliphatic rings. The van der Waals surface area contributed by atoms with Gasteiger partial charge in [0.15, 0.2) is 0 Å². The predicted octanol–water partition coefficient (Wildman–Crippen LogP) is 1.64. The number of anilines is 1. The number of nitrogens with zero attached hydrogens (tertiary/aromatic N) is 4. The summed E-state index contributed by atoms with van der Waals surface area (Å²) >= 11 is 1.60. The minimum Gasteiger partial charge on any atom is -0.370 e. The Balaban J connectivity index is 2.16. The Hall–Kier alpha value is -1.73. The maximum absolute atomic E-state index is 11.7. The molecule has 0 atom stereocenters. The van der Waals surface area contributed by atoms with Gasteiger partial charge in [0.25, 0.3) is 0 Å². The number of hydrogen-bond acceptors (Lipinski definition) is 6. The van der Waals surface area contributed by atoms with Crippen molar-refractivity contribution in [3.8, 4) is 0 Å². The number of likely N-dealkylation sites (N-methyl/N-ethyl adjacent to an activating group) is 2. The molecule has 0 radical (unpaired) electrons. The highest BCUT2D eigenvalue weighted by molar-refractivity contribution is 7.16. The van der Waals surface area contributed by atoms with E-state index >= 15 is 0 Å². The maximum atomic E-state index is 11.7. The summed E-state index contributed by atoms with van der Waals surface area (Å²) in [4.78, 5) is 25.3. The van der Waals surface area contributed by atoms with Gasteiger partial charge in [-0.1, -0.05) is 0 Å². The van der Waals surface area contributed by atoms with Gasteiger partial charge in [-0.3, -0.25) is 9.69 Å². The van der Waals surface area contributed by atoms with Crippen LogP contribution in [0.4, 0.5) is 5.82 Å². The van der Waals surface area contributed by atoms with Gasteiger partial charge in [-0.2, -0.15) is 0 Å². The minimum atomic E-state index is 0.0709. The van der Waals surface area contributed by atoms with Crippen LogP contribution in [0.15, 0.2) is 11.4 Å². The van der Waals surface area contributed by atoms with Crippen LogP contribution in [0.1, 0.15) is 12.7 Å². The number of fused-ring (bicyclic) bond motifs is 1. The van der Waals surface area contributed by atoms with E-state index in [-0.39, 0.29) is 5.91 Å².